The van der Waals surface area contributed by atoms with Gasteiger partial charge in [-0.25, -0.2) is 9.97 Å². The van der Waals surface area contributed by atoms with Gasteiger partial charge in [0.15, 0.2) is 0 Å². The van der Waals surface area contributed by atoms with Crippen LogP contribution >= 0.6 is 11.3 Å². The van der Waals surface area contributed by atoms with Crippen molar-refractivity contribution in [3.8, 4) is 0 Å². The van der Waals surface area contributed by atoms with Gasteiger partial charge in [-0.15, -0.1) is 11.3 Å². The summed E-state index contributed by atoms with van der Waals surface area (Å²) in [7, 11) is 0. The summed E-state index contributed by atoms with van der Waals surface area (Å²) < 4.78 is 2.52. The molecule has 2 aromatic rings. The number of imidazole rings is 1. The molecule has 2 N–H and O–H groups in total. The van der Waals surface area contributed by atoms with E-state index in [-0.39, 0.29) is 0 Å². The number of nitrogens with two attached hydrogens (primary N) is 1. The Morgan fingerprint density at radius 1 is 1.23 bits per heavy atom. The summed E-state index contributed by atoms with van der Waals surface area (Å²) in [6.07, 6.45) is 11.8. The van der Waals surface area contributed by atoms with Gasteiger partial charge < -0.3 is 10.3 Å². The molecule has 0 radical (unpaired) electrons. The van der Waals surface area contributed by atoms with Crippen molar-refractivity contribution in [1.29, 1.82) is 0 Å². The molecule has 0 bridgehead atoms. The Morgan fingerprint density at radius 3 is 3.04 bits per heavy atom. The number of aromatic nitrogens is 3. The van der Waals surface area contributed by atoms with Crippen LogP contribution in [-0.2, 0) is 25.9 Å². The number of hydrogen-bond donors (Lipinski definition) is 1. The standard InChI is InChI=1S/C20H31N5S/c1-15-17(8-5-10-21)23-19(26-15)14-24-11-6-9-18(24)20-22-13-16-7-3-2-4-12-25(16)20/h13,18H,2-12,14,21H2,1H3/t18-/m0/s1. The van der Waals surface area contributed by atoms with Gasteiger partial charge in [-0.3, -0.25) is 4.90 Å². The predicted octanol–water partition coefficient (Wildman–Crippen LogP) is 3.60. The van der Waals surface area contributed by atoms with Crippen LogP contribution in [0, 0.1) is 6.92 Å². The van der Waals surface area contributed by atoms with Crippen molar-refractivity contribution in [2.45, 2.75) is 77.4 Å². The first kappa shape index (κ1) is 18.1. The fourth-order valence-electron chi connectivity index (χ4n) is 4.44. The Kier molecular flexibility index (Phi) is 5.72. The van der Waals surface area contributed by atoms with Gasteiger partial charge in [-0.05, 0) is 65.0 Å². The zero-order valence-corrected chi connectivity index (χ0v) is 16.7. The van der Waals surface area contributed by atoms with Gasteiger partial charge in [0, 0.05) is 23.3 Å². The minimum Gasteiger partial charge on any atom is -0.331 e. The van der Waals surface area contributed by atoms with E-state index >= 15 is 0 Å². The summed E-state index contributed by atoms with van der Waals surface area (Å²) in [5.41, 5.74) is 8.36. The van der Waals surface area contributed by atoms with Crippen LogP contribution in [0.1, 0.15) is 71.7 Å². The maximum Gasteiger partial charge on any atom is 0.126 e. The average Bonchev–Trinajstić information content (AvgIpc) is 3.29. The molecule has 5 nitrogen and oxygen atoms in total. The maximum atomic E-state index is 5.66. The third kappa shape index (κ3) is 3.73. The Balaban J connectivity index is 1.50. The summed E-state index contributed by atoms with van der Waals surface area (Å²) >= 11 is 1.86. The summed E-state index contributed by atoms with van der Waals surface area (Å²) in [4.78, 5) is 13.8. The highest BCUT2D eigenvalue weighted by Gasteiger charge is 2.31. The van der Waals surface area contributed by atoms with Gasteiger partial charge in [0.1, 0.15) is 10.8 Å². The second kappa shape index (κ2) is 8.19. The van der Waals surface area contributed by atoms with Gasteiger partial charge in [0.05, 0.1) is 18.3 Å². The van der Waals surface area contributed by atoms with Gasteiger partial charge in [0.2, 0.25) is 0 Å². The molecular weight excluding hydrogens is 342 g/mol. The van der Waals surface area contributed by atoms with Gasteiger partial charge in [-0.2, -0.15) is 0 Å². The molecule has 1 atom stereocenters. The molecule has 0 spiro atoms. The molecule has 4 heterocycles. The molecule has 1 fully saturated rings. The Morgan fingerprint density at radius 2 is 2.15 bits per heavy atom. The summed E-state index contributed by atoms with van der Waals surface area (Å²) in [6.45, 7) is 6.20. The highest BCUT2D eigenvalue weighted by molar-refractivity contribution is 7.11. The molecular formula is C20H31N5S. The molecule has 2 aliphatic heterocycles. The molecule has 0 unspecified atom stereocenters. The molecule has 142 valence electrons. The lowest BCUT2D eigenvalue weighted by atomic mass is 10.2. The molecule has 2 aliphatic rings. The number of thiazole rings is 1. The molecule has 1 saturated heterocycles. The number of likely N-dealkylation sites (tertiary alicyclic amines) is 1. The lowest BCUT2D eigenvalue weighted by molar-refractivity contribution is 0.234. The topological polar surface area (TPSA) is 60.0 Å². The molecule has 2 aromatic heterocycles. The predicted molar refractivity (Wildman–Crippen MR) is 106 cm³/mol. The van der Waals surface area contributed by atoms with E-state index in [1.807, 2.05) is 11.3 Å². The number of aryl methyl sites for hydroxylation is 3. The highest BCUT2D eigenvalue weighted by Crippen LogP contribution is 2.35. The zero-order valence-electron chi connectivity index (χ0n) is 15.9. The van der Waals surface area contributed by atoms with E-state index in [1.54, 1.807) is 0 Å². The maximum absolute atomic E-state index is 5.66. The monoisotopic (exact) mass is 373 g/mol. The smallest absolute Gasteiger partial charge is 0.126 e. The molecule has 26 heavy (non-hydrogen) atoms. The second-order valence-electron chi connectivity index (χ2n) is 7.70. The van der Waals surface area contributed by atoms with Crippen LogP contribution in [0.4, 0.5) is 0 Å². The van der Waals surface area contributed by atoms with E-state index in [0.717, 1.165) is 39.0 Å². The van der Waals surface area contributed by atoms with E-state index in [2.05, 4.69) is 22.6 Å². The number of rotatable bonds is 6. The third-order valence-corrected chi connectivity index (χ3v) is 6.84. The summed E-state index contributed by atoms with van der Waals surface area (Å²) in [5.74, 6) is 1.30. The van der Waals surface area contributed by atoms with Crippen molar-refractivity contribution < 1.29 is 0 Å². The lowest BCUT2D eigenvalue weighted by Gasteiger charge is -2.24. The van der Waals surface area contributed by atoms with E-state index in [1.165, 1.54) is 65.6 Å². The van der Waals surface area contributed by atoms with Crippen molar-refractivity contribution in [3.05, 3.63) is 33.3 Å². The first-order chi connectivity index (χ1) is 12.8. The SMILES string of the molecule is Cc1sc(CN2CCC[C@H]2c2ncc3n2CCCCC3)nc1CCCN. The highest BCUT2D eigenvalue weighted by atomic mass is 32.1. The molecule has 4 rings (SSSR count). The van der Waals surface area contributed by atoms with Crippen LogP contribution in [0.2, 0.25) is 0 Å². The minimum absolute atomic E-state index is 0.457. The Labute approximate surface area is 160 Å². The van der Waals surface area contributed by atoms with Crippen LogP contribution in [0.5, 0.6) is 0 Å². The van der Waals surface area contributed by atoms with Crippen LogP contribution in [0.3, 0.4) is 0 Å². The van der Waals surface area contributed by atoms with Crippen LogP contribution < -0.4 is 5.73 Å². The van der Waals surface area contributed by atoms with Crippen LogP contribution in [0.25, 0.3) is 0 Å². The fourth-order valence-corrected chi connectivity index (χ4v) is 5.45. The van der Waals surface area contributed by atoms with Crippen LogP contribution in [-0.4, -0.2) is 32.5 Å². The summed E-state index contributed by atoms with van der Waals surface area (Å²) in [6, 6.07) is 0.457. The quantitative estimate of drug-likeness (QED) is 0.840. The minimum atomic E-state index is 0.457. The number of fused-ring (bicyclic) bond motifs is 1. The molecule has 0 amide bonds. The van der Waals surface area contributed by atoms with E-state index in [9.17, 15) is 0 Å². The average molecular weight is 374 g/mol. The van der Waals surface area contributed by atoms with Crippen molar-refractivity contribution >= 4 is 11.3 Å². The van der Waals surface area contributed by atoms with Crippen LogP contribution in [0.15, 0.2) is 6.20 Å². The van der Waals surface area contributed by atoms with Gasteiger partial charge in [0.25, 0.3) is 0 Å². The first-order valence-corrected chi connectivity index (χ1v) is 11.0. The molecule has 0 aliphatic carbocycles. The van der Waals surface area contributed by atoms with Crippen molar-refractivity contribution in [1.82, 2.24) is 19.4 Å². The van der Waals surface area contributed by atoms with Crippen molar-refractivity contribution in [3.63, 3.8) is 0 Å². The Bertz CT molecular complexity index is 735. The van der Waals surface area contributed by atoms with E-state index in [0.29, 0.717) is 6.04 Å². The number of hydrogen-bond acceptors (Lipinski definition) is 5. The van der Waals surface area contributed by atoms with Gasteiger partial charge >= 0.3 is 0 Å². The largest absolute Gasteiger partial charge is 0.331 e. The van der Waals surface area contributed by atoms with Crippen molar-refractivity contribution in [2.24, 2.45) is 5.73 Å². The Hall–Kier alpha value is -1.24. The van der Waals surface area contributed by atoms with Crippen molar-refractivity contribution in [2.75, 3.05) is 13.1 Å². The van der Waals surface area contributed by atoms with E-state index < -0.39 is 0 Å². The fraction of sp³-hybridized carbons (Fsp3) is 0.700. The number of nitrogens with zero attached hydrogens (tertiary/aromatic N) is 4. The molecule has 0 aromatic carbocycles. The molecule has 0 saturated carbocycles. The first-order valence-electron chi connectivity index (χ1n) is 10.2. The zero-order chi connectivity index (χ0) is 17.9. The second-order valence-corrected chi connectivity index (χ2v) is 8.99. The molecule has 6 heteroatoms. The third-order valence-electron chi connectivity index (χ3n) is 5.84. The van der Waals surface area contributed by atoms with Gasteiger partial charge in [-0.1, -0.05) is 6.42 Å². The lowest BCUT2D eigenvalue weighted by Crippen LogP contribution is -2.25. The normalized spacial score (nSPS) is 21.1. The van der Waals surface area contributed by atoms with E-state index in [4.69, 9.17) is 15.7 Å². The summed E-state index contributed by atoms with van der Waals surface area (Å²) in [5, 5.41) is 1.25.